The molecule has 0 amide bonds. The van der Waals surface area contributed by atoms with Crippen LogP contribution in [0.25, 0.3) is 0 Å². The Hall–Kier alpha value is -1.15. The second-order valence-corrected chi connectivity index (χ2v) is 7.00. The maximum absolute atomic E-state index is 12.7. The summed E-state index contributed by atoms with van der Waals surface area (Å²) in [5.74, 6) is -0.581. The fraction of sp³-hybridized carbons (Fsp3) is 0.462. The van der Waals surface area contributed by atoms with Gasteiger partial charge in [-0.25, -0.2) is 13.2 Å². The van der Waals surface area contributed by atoms with Crippen molar-refractivity contribution >= 4 is 27.6 Å². The van der Waals surface area contributed by atoms with Crippen LogP contribution in [0.2, 0.25) is 5.02 Å². The molecule has 1 fully saturated rings. The van der Waals surface area contributed by atoms with Crippen molar-refractivity contribution in [2.45, 2.75) is 17.9 Å². The summed E-state index contributed by atoms with van der Waals surface area (Å²) in [6, 6.07) is 4.59. The Morgan fingerprint density at radius 2 is 2.19 bits per heavy atom. The fourth-order valence-corrected chi connectivity index (χ4v) is 4.02. The van der Waals surface area contributed by atoms with E-state index >= 15 is 0 Å². The van der Waals surface area contributed by atoms with Gasteiger partial charge < -0.3 is 9.47 Å². The number of rotatable bonds is 3. The summed E-state index contributed by atoms with van der Waals surface area (Å²) in [4.78, 5) is 11.7. The first-order chi connectivity index (χ1) is 9.86. The van der Waals surface area contributed by atoms with Crippen LogP contribution in [-0.4, -0.2) is 51.6 Å². The highest BCUT2D eigenvalue weighted by Crippen LogP contribution is 2.24. The molecule has 6 nitrogen and oxygen atoms in total. The van der Waals surface area contributed by atoms with Crippen molar-refractivity contribution in [3.63, 3.8) is 0 Å². The van der Waals surface area contributed by atoms with E-state index in [1.165, 1.54) is 23.5 Å². The molecular weight excluding hydrogens is 318 g/mol. The molecule has 21 heavy (non-hydrogen) atoms. The third-order valence-electron chi connectivity index (χ3n) is 3.25. The summed E-state index contributed by atoms with van der Waals surface area (Å²) in [6.45, 7) is 1.96. The summed E-state index contributed by atoms with van der Waals surface area (Å²) >= 11 is 5.85. The van der Waals surface area contributed by atoms with Crippen LogP contribution in [-0.2, 0) is 24.3 Å². The molecule has 0 saturated carbocycles. The van der Waals surface area contributed by atoms with Gasteiger partial charge in [-0.3, -0.25) is 0 Å². The van der Waals surface area contributed by atoms with E-state index in [4.69, 9.17) is 16.3 Å². The van der Waals surface area contributed by atoms with Crippen molar-refractivity contribution in [1.29, 1.82) is 0 Å². The van der Waals surface area contributed by atoms with Gasteiger partial charge in [0.1, 0.15) is 0 Å². The van der Waals surface area contributed by atoms with E-state index in [2.05, 4.69) is 4.74 Å². The molecule has 1 aromatic carbocycles. The summed E-state index contributed by atoms with van der Waals surface area (Å²) in [6.07, 6.45) is -0.897. The van der Waals surface area contributed by atoms with Crippen molar-refractivity contribution in [1.82, 2.24) is 4.31 Å². The molecule has 1 unspecified atom stereocenters. The number of benzene rings is 1. The Balaban J connectivity index is 2.28. The SMILES string of the molecule is COC(=O)C1CN(S(=O)(=O)c2ccc(Cl)cc2C)CCO1. The van der Waals surface area contributed by atoms with Gasteiger partial charge in [0.05, 0.1) is 25.2 Å². The van der Waals surface area contributed by atoms with E-state index in [1.54, 1.807) is 13.0 Å². The Morgan fingerprint density at radius 3 is 2.81 bits per heavy atom. The van der Waals surface area contributed by atoms with Crippen LogP contribution >= 0.6 is 11.6 Å². The van der Waals surface area contributed by atoms with Crippen molar-refractivity contribution in [3.05, 3.63) is 28.8 Å². The maximum atomic E-state index is 12.7. The van der Waals surface area contributed by atoms with Gasteiger partial charge in [-0.15, -0.1) is 0 Å². The molecular formula is C13H16ClNO5S. The smallest absolute Gasteiger partial charge is 0.336 e. The lowest BCUT2D eigenvalue weighted by atomic mass is 10.2. The summed E-state index contributed by atoms with van der Waals surface area (Å²) in [5.41, 5.74) is 0.559. The average Bonchev–Trinajstić information content (AvgIpc) is 2.46. The maximum Gasteiger partial charge on any atom is 0.336 e. The molecule has 0 aromatic heterocycles. The lowest BCUT2D eigenvalue weighted by Crippen LogP contribution is -2.48. The molecule has 8 heteroatoms. The van der Waals surface area contributed by atoms with Crippen molar-refractivity contribution < 1.29 is 22.7 Å². The molecule has 116 valence electrons. The van der Waals surface area contributed by atoms with Crippen LogP contribution in [0, 0.1) is 6.92 Å². The van der Waals surface area contributed by atoms with E-state index in [0.29, 0.717) is 10.6 Å². The average molecular weight is 334 g/mol. The Labute approximate surface area is 128 Å². The molecule has 1 atom stereocenters. The van der Waals surface area contributed by atoms with Gasteiger partial charge in [0.2, 0.25) is 10.0 Å². The lowest BCUT2D eigenvalue weighted by molar-refractivity contribution is -0.157. The highest BCUT2D eigenvalue weighted by molar-refractivity contribution is 7.89. The number of sulfonamides is 1. The minimum Gasteiger partial charge on any atom is -0.467 e. The zero-order valence-corrected chi connectivity index (χ0v) is 13.3. The Kier molecular flexibility index (Phi) is 4.88. The third kappa shape index (κ3) is 3.37. The molecule has 1 aliphatic rings. The summed E-state index contributed by atoms with van der Waals surface area (Å²) in [7, 11) is -2.46. The van der Waals surface area contributed by atoms with E-state index in [0.717, 1.165) is 0 Å². The van der Waals surface area contributed by atoms with Gasteiger partial charge in [-0.1, -0.05) is 11.6 Å². The van der Waals surface area contributed by atoms with Gasteiger partial charge in [-0.05, 0) is 30.7 Å². The van der Waals surface area contributed by atoms with Gasteiger partial charge in [0.25, 0.3) is 0 Å². The second-order valence-electron chi connectivity index (χ2n) is 4.66. The number of halogens is 1. The number of carbonyl (C=O) groups is 1. The van der Waals surface area contributed by atoms with Crippen LogP contribution in [0.4, 0.5) is 0 Å². The van der Waals surface area contributed by atoms with E-state index in [-0.39, 0.29) is 24.6 Å². The lowest BCUT2D eigenvalue weighted by Gasteiger charge is -2.31. The first-order valence-electron chi connectivity index (χ1n) is 6.32. The van der Waals surface area contributed by atoms with E-state index < -0.39 is 22.1 Å². The number of ether oxygens (including phenoxy) is 2. The number of aryl methyl sites for hydroxylation is 1. The second kappa shape index (κ2) is 6.31. The summed E-state index contributed by atoms with van der Waals surface area (Å²) in [5, 5.41) is 0.473. The predicted octanol–water partition coefficient (Wildman–Crippen LogP) is 1.21. The van der Waals surface area contributed by atoms with Crippen LogP contribution in [0.3, 0.4) is 0 Å². The zero-order valence-electron chi connectivity index (χ0n) is 11.7. The number of nitrogens with zero attached hydrogens (tertiary/aromatic N) is 1. The van der Waals surface area contributed by atoms with Crippen molar-refractivity contribution in [2.24, 2.45) is 0 Å². The highest BCUT2D eigenvalue weighted by atomic mass is 35.5. The topological polar surface area (TPSA) is 72.9 Å². The number of esters is 1. The third-order valence-corrected chi connectivity index (χ3v) is 5.51. The molecule has 0 aliphatic carbocycles. The zero-order chi connectivity index (χ0) is 15.6. The van der Waals surface area contributed by atoms with E-state index in [9.17, 15) is 13.2 Å². The first-order valence-corrected chi connectivity index (χ1v) is 8.14. The molecule has 1 aliphatic heterocycles. The van der Waals surface area contributed by atoms with Gasteiger partial charge in [0.15, 0.2) is 6.10 Å². The number of morpholine rings is 1. The number of methoxy groups -OCH3 is 1. The summed E-state index contributed by atoms with van der Waals surface area (Å²) < 4.78 is 36.4. The Bertz CT molecular complexity index is 646. The predicted molar refractivity (Wildman–Crippen MR) is 76.7 cm³/mol. The Morgan fingerprint density at radius 1 is 1.48 bits per heavy atom. The van der Waals surface area contributed by atoms with Crippen molar-refractivity contribution in [3.8, 4) is 0 Å². The molecule has 2 rings (SSSR count). The van der Waals surface area contributed by atoms with Gasteiger partial charge >= 0.3 is 5.97 Å². The quantitative estimate of drug-likeness (QED) is 0.777. The minimum absolute atomic E-state index is 0.0585. The monoisotopic (exact) mass is 333 g/mol. The minimum atomic E-state index is -3.70. The first kappa shape index (κ1) is 16.2. The largest absolute Gasteiger partial charge is 0.467 e. The molecule has 1 aromatic rings. The fourth-order valence-electron chi connectivity index (χ4n) is 2.16. The van der Waals surface area contributed by atoms with Crippen LogP contribution in [0.15, 0.2) is 23.1 Å². The molecule has 0 radical (unpaired) electrons. The van der Waals surface area contributed by atoms with Crippen molar-refractivity contribution in [2.75, 3.05) is 26.8 Å². The molecule has 1 saturated heterocycles. The van der Waals surface area contributed by atoms with Crippen LogP contribution < -0.4 is 0 Å². The standard InChI is InChI=1S/C13H16ClNO5S/c1-9-7-10(14)3-4-12(9)21(17,18)15-5-6-20-11(8-15)13(16)19-2/h3-4,7,11H,5-6,8H2,1-2H3. The molecule has 0 bridgehead atoms. The van der Waals surface area contributed by atoms with Crippen LogP contribution in [0.1, 0.15) is 5.56 Å². The van der Waals surface area contributed by atoms with Gasteiger partial charge in [0, 0.05) is 11.6 Å². The number of carbonyl (C=O) groups excluding carboxylic acids is 1. The molecule has 0 N–H and O–H groups in total. The molecule has 0 spiro atoms. The van der Waals surface area contributed by atoms with Gasteiger partial charge in [-0.2, -0.15) is 4.31 Å². The van der Waals surface area contributed by atoms with Crippen LogP contribution in [0.5, 0.6) is 0 Å². The molecule has 1 heterocycles. The normalized spacial score (nSPS) is 20.2. The number of hydrogen-bond acceptors (Lipinski definition) is 5. The number of hydrogen-bond donors (Lipinski definition) is 0. The van der Waals surface area contributed by atoms with E-state index in [1.807, 2.05) is 0 Å². The highest BCUT2D eigenvalue weighted by Gasteiger charge is 2.35.